The van der Waals surface area contributed by atoms with E-state index in [-0.39, 0.29) is 17.7 Å². The molecule has 3 aromatic heterocycles. The highest BCUT2D eigenvalue weighted by molar-refractivity contribution is 5.83. The molecule has 2 aliphatic rings. The van der Waals surface area contributed by atoms with E-state index in [2.05, 4.69) is 54.5 Å². The van der Waals surface area contributed by atoms with Crippen LogP contribution in [-0.4, -0.2) is 61.6 Å². The van der Waals surface area contributed by atoms with E-state index in [4.69, 9.17) is 4.98 Å². The summed E-state index contributed by atoms with van der Waals surface area (Å²) in [4.78, 5) is 22.8. The summed E-state index contributed by atoms with van der Waals surface area (Å²) in [6, 6.07) is 8.00. The molecule has 0 bridgehead atoms. The van der Waals surface area contributed by atoms with E-state index in [0.29, 0.717) is 28.5 Å². The Labute approximate surface area is 246 Å². The topological polar surface area (TPSA) is 75.0 Å². The smallest absolute Gasteiger partial charge is 0.229 e. The van der Waals surface area contributed by atoms with E-state index in [1.807, 2.05) is 19.9 Å². The molecule has 1 aliphatic heterocycles. The molecule has 2 fully saturated rings. The third kappa shape index (κ3) is 5.44. The van der Waals surface area contributed by atoms with Crippen LogP contribution in [0, 0.1) is 25.5 Å². The van der Waals surface area contributed by atoms with Gasteiger partial charge in [0, 0.05) is 43.8 Å². The van der Waals surface area contributed by atoms with E-state index >= 15 is 8.78 Å². The Bertz CT molecular complexity index is 1570. The summed E-state index contributed by atoms with van der Waals surface area (Å²) < 4.78 is 32.4. The Hall–Kier alpha value is -3.66. The van der Waals surface area contributed by atoms with E-state index < -0.39 is 11.6 Å². The van der Waals surface area contributed by atoms with E-state index in [1.54, 1.807) is 6.07 Å². The minimum absolute atomic E-state index is 0.0359. The van der Waals surface area contributed by atoms with E-state index in [0.717, 1.165) is 75.3 Å². The molecule has 222 valence electrons. The first-order valence-electron chi connectivity index (χ1n) is 15.3. The summed E-state index contributed by atoms with van der Waals surface area (Å²) in [5, 5.41) is 3.12. The molecule has 1 aromatic carbocycles. The summed E-state index contributed by atoms with van der Waals surface area (Å²) in [6.07, 6.45) is 7.84. The van der Waals surface area contributed by atoms with Gasteiger partial charge in [-0.05, 0) is 63.8 Å². The highest BCUT2D eigenvalue weighted by Gasteiger charge is 2.25. The molecule has 1 aliphatic carbocycles. The molecule has 0 unspecified atom stereocenters. The average molecular weight is 575 g/mol. The number of benzene rings is 1. The van der Waals surface area contributed by atoms with Gasteiger partial charge >= 0.3 is 0 Å². The van der Waals surface area contributed by atoms with Crippen LogP contribution in [0.25, 0.3) is 22.3 Å². The number of pyridine rings is 1. The van der Waals surface area contributed by atoms with Crippen molar-refractivity contribution >= 4 is 28.5 Å². The lowest BCUT2D eigenvalue weighted by Crippen LogP contribution is -2.50. The molecular weight excluding hydrogens is 534 g/mol. The molecule has 4 aromatic rings. The highest BCUT2D eigenvalue weighted by Crippen LogP contribution is 2.36. The quantitative estimate of drug-likeness (QED) is 0.244. The second-order valence-electron chi connectivity index (χ2n) is 11.6. The second kappa shape index (κ2) is 11.9. The number of fused-ring (bicyclic) bond motifs is 1. The van der Waals surface area contributed by atoms with Crippen molar-refractivity contribution in [2.75, 3.05) is 36.4 Å². The first kappa shape index (κ1) is 28.5. The average Bonchev–Trinajstić information content (AvgIpc) is 3.63. The maximum Gasteiger partial charge on any atom is 0.229 e. The summed E-state index contributed by atoms with van der Waals surface area (Å²) in [5.74, 6) is 0.446. The Morgan fingerprint density at radius 1 is 0.929 bits per heavy atom. The molecule has 4 heterocycles. The number of rotatable bonds is 8. The van der Waals surface area contributed by atoms with Crippen molar-refractivity contribution in [1.29, 1.82) is 0 Å². The Morgan fingerprint density at radius 2 is 1.67 bits per heavy atom. The fourth-order valence-electron chi connectivity index (χ4n) is 6.86. The number of hydrogen-bond acceptors (Lipinski definition) is 7. The zero-order valence-electron chi connectivity index (χ0n) is 25.0. The lowest BCUT2D eigenvalue weighted by atomic mass is 10.1. The van der Waals surface area contributed by atoms with Crippen molar-refractivity contribution in [2.24, 2.45) is 0 Å². The van der Waals surface area contributed by atoms with Gasteiger partial charge in [-0.25, -0.2) is 28.7 Å². The summed E-state index contributed by atoms with van der Waals surface area (Å²) in [6.45, 7) is 12.5. The number of imidazole rings is 1. The fraction of sp³-hybridized carbons (Fsp3) is 0.500. The van der Waals surface area contributed by atoms with Crippen LogP contribution in [0.3, 0.4) is 0 Å². The number of anilines is 3. The van der Waals surface area contributed by atoms with Gasteiger partial charge in [0.1, 0.15) is 22.9 Å². The molecular formula is C32H40F2N8. The van der Waals surface area contributed by atoms with Crippen molar-refractivity contribution in [2.45, 2.75) is 78.3 Å². The molecule has 1 saturated carbocycles. The second-order valence-corrected chi connectivity index (χ2v) is 11.6. The van der Waals surface area contributed by atoms with Crippen LogP contribution in [-0.2, 0) is 0 Å². The van der Waals surface area contributed by atoms with Gasteiger partial charge in [-0.15, -0.1) is 0 Å². The van der Waals surface area contributed by atoms with Crippen molar-refractivity contribution in [3.63, 3.8) is 0 Å². The standard InChI is InChI=1S/C32H40F2N8/c1-5-23(6-2)40-13-15-41(16-14-40)27-11-12-29(36-20(27)3)38-32-35-19-26(34)30(39-32)22-17-25(33)31-28(18-22)42(21(4)37-31)24-9-7-8-10-24/h11-12,17-19,23-24H,5-10,13-16H2,1-4H3,(H,35,36,38,39). The van der Waals surface area contributed by atoms with Crippen LogP contribution in [0.1, 0.15) is 69.9 Å². The third-order valence-electron chi connectivity index (χ3n) is 9.04. The van der Waals surface area contributed by atoms with Crippen molar-refractivity contribution in [1.82, 2.24) is 29.4 Å². The van der Waals surface area contributed by atoms with Crippen molar-refractivity contribution < 1.29 is 8.78 Å². The van der Waals surface area contributed by atoms with Crippen molar-refractivity contribution in [3.05, 3.63) is 53.6 Å². The van der Waals surface area contributed by atoms with Gasteiger partial charge in [-0.1, -0.05) is 26.7 Å². The monoisotopic (exact) mass is 574 g/mol. The minimum atomic E-state index is -0.616. The molecule has 8 nitrogen and oxygen atoms in total. The molecule has 42 heavy (non-hydrogen) atoms. The van der Waals surface area contributed by atoms with Gasteiger partial charge in [0.05, 0.1) is 23.1 Å². The first-order chi connectivity index (χ1) is 20.4. The van der Waals surface area contributed by atoms with Gasteiger partial charge in [-0.2, -0.15) is 0 Å². The molecule has 1 saturated heterocycles. The largest absolute Gasteiger partial charge is 0.368 e. The van der Waals surface area contributed by atoms with Gasteiger partial charge < -0.3 is 14.8 Å². The van der Waals surface area contributed by atoms with Crippen LogP contribution in [0.4, 0.5) is 26.2 Å². The van der Waals surface area contributed by atoms with Crippen LogP contribution in [0.5, 0.6) is 0 Å². The number of piperazine rings is 1. The van der Waals surface area contributed by atoms with Crippen LogP contribution in [0.15, 0.2) is 30.5 Å². The van der Waals surface area contributed by atoms with Gasteiger partial charge in [0.25, 0.3) is 0 Å². The summed E-state index contributed by atoms with van der Waals surface area (Å²) >= 11 is 0. The summed E-state index contributed by atoms with van der Waals surface area (Å²) in [7, 11) is 0. The van der Waals surface area contributed by atoms with Crippen LogP contribution >= 0.6 is 0 Å². The third-order valence-corrected chi connectivity index (χ3v) is 9.04. The number of halogens is 2. The number of nitrogens with zero attached hydrogens (tertiary/aromatic N) is 7. The maximum absolute atomic E-state index is 15.3. The Balaban J connectivity index is 1.23. The summed E-state index contributed by atoms with van der Waals surface area (Å²) in [5.41, 5.74) is 3.40. The van der Waals surface area contributed by atoms with Crippen molar-refractivity contribution in [3.8, 4) is 11.3 Å². The van der Waals surface area contributed by atoms with Gasteiger partial charge in [0.2, 0.25) is 5.95 Å². The zero-order chi connectivity index (χ0) is 29.4. The fourth-order valence-corrected chi connectivity index (χ4v) is 6.86. The molecule has 0 amide bonds. The number of nitrogens with one attached hydrogen (secondary N) is 1. The lowest BCUT2D eigenvalue weighted by molar-refractivity contribution is 0.175. The predicted octanol–water partition coefficient (Wildman–Crippen LogP) is 6.95. The number of hydrogen-bond donors (Lipinski definition) is 1. The number of aromatic nitrogens is 5. The zero-order valence-corrected chi connectivity index (χ0v) is 25.0. The SMILES string of the molecule is CCC(CC)N1CCN(c2ccc(Nc3ncc(F)c(-c4cc(F)c5nc(C)n(C6CCCC6)c5c4)n3)nc2C)CC1. The molecule has 0 spiro atoms. The predicted molar refractivity (Wildman–Crippen MR) is 163 cm³/mol. The van der Waals surface area contributed by atoms with E-state index in [9.17, 15) is 0 Å². The molecule has 0 atom stereocenters. The van der Waals surface area contributed by atoms with Crippen LogP contribution in [0.2, 0.25) is 0 Å². The minimum Gasteiger partial charge on any atom is -0.368 e. The molecule has 6 rings (SSSR count). The first-order valence-corrected chi connectivity index (χ1v) is 15.3. The molecule has 0 radical (unpaired) electrons. The Kier molecular flexibility index (Phi) is 8.07. The normalized spacial score (nSPS) is 16.7. The number of aryl methyl sites for hydroxylation is 2. The van der Waals surface area contributed by atoms with Gasteiger partial charge in [-0.3, -0.25) is 4.90 Å². The molecule has 1 N–H and O–H groups in total. The molecule has 10 heteroatoms. The maximum atomic E-state index is 15.3. The highest BCUT2D eigenvalue weighted by atomic mass is 19.1. The van der Waals surface area contributed by atoms with Gasteiger partial charge in [0.15, 0.2) is 11.6 Å². The lowest BCUT2D eigenvalue weighted by Gasteiger charge is -2.40. The Morgan fingerprint density at radius 3 is 2.36 bits per heavy atom. The van der Waals surface area contributed by atoms with Crippen LogP contribution < -0.4 is 10.2 Å². The van der Waals surface area contributed by atoms with E-state index in [1.165, 1.54) is 18.9 Å².